The van der Waals surface area contributed by atoms with E-state index in [9.17, 15) is 22.0 Å². The van der Waals surface area contributed by atoms with Gasteiger partial charge in [-0.25, -0.2) is 22.0 Å². The zero-order chi connectivity index (χ0) is 14.2. The second kappa shape index (κ2) is 4.97. The van der Waals surface area contributed by atoms with Crippen molar-refractivity contribution in [3.05, 3.63) is 70.5 Å². The Labute approximate surface area is 105 Å². The van der Waals surface area contributed by atoms with Crippen molar-refractivity contribution in [2.75, 3.05) is 0 Å². The van der Waals surface area contributed by atoms with Gasteiger partial charge in [0.05, 0.1) is 6.04 Å². The Hall–Kier alpha value is -1.95. The van der Waals surface area contributed by atoms with Crippen molar-refractivity contribution < 1.29 is 22.0 Å². The number of hydrogen-bond donors (Lipinski definition) is 1. The van der Waals surface area contributed by atoms with Crippen LogP contribution in [0.5, 0.6) is 0 Å². The van der Waals surface area contributed by atoms with Crippen LogP contribution in [0.4, 0.5) is 22.0 Å². The molecule has 1 nitrogen and oxygen atoms in total. The first kappa shape index (κ1) is 13.5. The van der Waals surface area contributed by atoms with Gasteiger partial charge in [-0.15, -0.1) is 0 Å². The SMILES string of the molecule is NC(c1cc(F)cc(F)c1)c1ccc(F)c(F)c1F. The molecule has 2 aromatic rings. The normalized spacial score (nSPS) is 12.5. The summed E-state index contributed by atoms with van der Waals surface area (Å²) in [4.78, 5) is 0. The van der Waals surface area contributed by atoms with Crippen LogP contribution in [0.1, 0.15) is 17.2 Å². The molecule has 0 heterocycles. The Morgan fingerprint density at radius 1 is 0.789 bits per heavy atom. The van der Waals surface area contributed by atoms with Crippen LogP contribution in [0.3, 0.4) is 0 Å². The van der Waals surface area contributed by atoms with Crippen LogP contribution >= 0.6 is 0 Å². The lowest BCUT2D eigenvalue weighted by Crippen LogP contribution is -2.15. The summed E-state index contributed by atoms with van der Waals surface area (Å²) in [6.45, 7) is 0. The summed E-state index contributed by atoms with van der Waals surface area (Å²) in [5.41, 5.74) is 5.15. The minimum absolute atomic E-state index is 0.0811. The average Bonchev–Trinajstić information content (AvgIpc) is 2.34. The molecule has 19 heavy (non-hydrogen) atoms. The fraction of sp³-hybridized carbons (Fsp3) is 0.0769. The maximum absolute atomic E-state index is 13.5. The molecular weight excluding hydrogens is 265 g/mol. The van der Waals surface area contributed by atoms with E-state index < -0.39 is 35.1 Å². The highest BCUT2D eigenvalue weighted by Gasteiger charge is 2.20. The fourth-order valence-electron chi connectivity index (χ4n) is 1.72. The van der Waals surface area contributed by atoms with Crippen molar-refractivity contribution in [2.24, 2.45) is 5.73 Å². The predicted molar refractivity (Wildman–Crippen MR) is 58.7 cm³/mol. The average molecular weight is 273 g/mol. The molecule has 0 aliphatic heterocycles. The molecule has 1 unspecified atom stereocenters. The van der Waals surface area contributed by atoms with E-state index in [2.05, 4.69) is 0 Å². The van der Waals surface area contributed by atoms with Gasteiger partial charge >= 0.3 is 0 Å². The third-order valence-electron chi connectivity index (χ3n) is 2.64. The van der Waals surface area contributed by atoms with Crippen molar-refractivity contribution in [1.29, 1.82) is 0 Å². The first-order valence-corrected chi connectivity index (χ1v) is 5.25. The van der Waals surface area contributed by atoms with Crippen molar-refractivity contribution in [3.8, 4) is 0 Å². The van der Waals surface area contributed by atoms with Crippen molar-refractivity contribution >= 4 is 0 Å². The molecule has 0 aliphatic rings. The van der Waals surface area contributed by atoms with Crippen LogP contribution in [0.25, 0.3) is 0 Å². The van der Waals surface area contributed by atoms with E-state index in [1.54, 1.807) is 0 Å². The van der Waals surface area contributed by atoms with E-state index in [-0.39, 0.29) is 11.1 Å². The van der Waals surface area contributed by atoms with Crippen LogP contribution < -0.4 is 5.73 Å². The molecule has 6 heteroatoms. The summed E-state index contributed by atoms with van der Waals surface area (Å²) < 4.78 is 65.4. The van der Waals surface area contributed by atoms with Crippen molar-refractivity contribution in [1.82, 2.24) is 0 Å². The molecule has 1 atom stereocenters. The number of rotatable bonds is 2. The molecule has 0 spiro atoms. The molecule has 0 aliphatic carbocycles. The van der Waals surface area contributed by atoms with Gasteiger partial charge in [-0.3, -0.25) is 0 Å². The number of benzene rings is 2. The summed E-state index contributed by atoms with van der Waals surface area (Å²) >= 11 is 0. The molecule has 2 N–H and O–H groups in total. The van der Waals surface area contributed by atoms with Crippen molar-refractivity contribution in [3.63, 3.8) is 0 Å². The number of nitrogens with two attached hydrogens (primary N) is 1. The minimum Gasteiger partial charge on any atom is -0.320 e. The summed E-state index contributed by atoms with van der Waals surface area (Å²) in [5.74, 6) is -6.30. The van der Waals surface area contributed by atoms with Crippen LogP contribution in [0, 0.1) is 29.1 Å². The maximum Gasteiger partial charge on any atom is 0.194 e. The predicted octanol–water partition coefficient (Wildman–Crippen LogP) is 3.43. The third-order valence-corrected chi connectivity index (χ3v) is 2.64. The molecule has 0 saturated heterocycles. The van der Waals surface area contributed by atoms with E-state index >= 15 is 0 Å². The molecule has 0 bridgehead atoms. The summed E-state index contributed by atoms with van der Waals surface area (Å²) in [5, 5.41) is 0. The van der Waals surface area contributed by atoms with Crippen LogP contribution in [0.2, 0.25) is 0 Å². The lowest BCUT2D eigenvalue weighted by atomic mass is 9.98. The zero-order valence-corrected chi connectivity index (χ0v) is 9.43. The summed E-state index contributed by atoms with van der Waals surface area (Å²) in [6.07, 6.45) is 0. The molecule has 100 valence electrons. The highest BCUT2D eigenvalue weighted by molar-refractivity contribution is 5.33. The zero-order valence-electron chi connectivity index (χ0n) is 9.43. The molecule has 2 rings (SSSR count). The first-order valence-electron chi connectivity index (χ1n) is 5.25. The molecular formula is C13H8F5N. The van der Waals surface area contributed by atoms with Gasteiger partial charge in [0.1, 0.15) is 11.6 Å². The maximum atomic E-state index is 13.5. The fourth-order valence-corrected chi connectivity index (χ4v) is 1.72. The van der Waals surface area contributed by atoms with Gasteiger partial charge in [-0.05, 0) is 23.8 Å². The molecule has 2 aromatic carbocycles. The Kier molecular flexibility index (Phi) is 3.53. The molecule has 0 radical (unpaired) electrons. The highest BCUT2D eigenvalue weighted by atomic mass is 19.2. The quantitative estimate of drug-likeness (QED) is 0.658. The Balaban J connectivity index is 2.50. The molecule has 0 amide bonds. The van der Waals surface area contributed by atoms with Crippen LogP contribution in [-0.2, 0) is 0 Å². The Morgan fingerprint density at radius 3 is 1.95 bits per heavy atom. The Bertz CT molecular complexity index is 606. The topological polar surface area (TPSA) is 26.0 Å². The second-order valence-corrected chi connectivity index (χ2v) is 3.95. The van der Waals surface area contributed by atoms with E-state index in [1.165, 1.54) is 0 Å². The van der Waals surface area contributed by atoms with E-state index in [4.69, 9.17) is 5.73 Å². The highest BCUT2D eigenvalue weighted by Crippen LogP contribution is 2.26. The largest absolute Gasteiger partial charge is 0.320 e. The van der Waals surface area contributed by atoms with Gasteiger partial charge in [0.25, 0.3) is 0 Å². The minimum atomic E-state index is -1.68. The monoisotopic (exact) mass is 273 g/mol. The first-order chi connectivity index (χ1) is 8.90. The van der Waals surface area contributed by atoms with E-state index in [0.717, 1.165) is 18.2 Å². The lowest BCUT2D eigenvalue weighted by molar-refractivity contribution is 0.438. The van der Waals surface area contributed by atoms with Gasteiger partial charge in [0, 0.05) is 11.6 Å². The van der Waals surface area contributed by atoms with E-state index in [0.29, 0.717) is 12.1 Å². The molecule has 0 fully saturated rings. The molecule has 0 saturated carbocycles. The number of halogens is 5. The van der Waals surface area contributed by atoms with Crippen molar-refractivity contribution in [2.45, 2.75) is 6.04 Å². The number of hydrogen-bond acceptors (Lipinski definition) is 1. The lowest BCUT2D eigenvalue weighted by Gasteiger charge is -2.14. The van der Waals surface area contributed by atoms with Crippen LogP contribution in [-0.4, -0.2) is 0 Å². The smallest absolute Gasteiger partial charge is 0.194 e. The van der Waals surface area contributed by atoms with E-state index in [1.807, 2.05) is 0 Å². The molecule has 0 aromatic heterocycles. The van der Waals surface area contributed by atoms with Crippen LogP contribution in [0.15, 0.2) is 30.3 Å². The summed E-state index contributed by atoms with van der Waals surface area (Å²) in [6, 6.07) is 2.74. The summed E-state index contributed by atoms with van der Waals surface area (Å²) in [7, 11) is 0. The Morgan fingerprint density at radius 2 is 1.37 bits per heavy atom. The van der Waals surface area contributed by atoms with Gasteiger partial charge in [0.2, 0.25) is 0 Å². The standard InChI is InChI=1S/C13H8F5N/c14-7-3-6(4-8(15)5-7)13(19)9-1-2-10(16)12(18)11(9)17/h1-5,13H,19H2. The van der Waals surface area contributed by atoms with Gasteiger partial charge in [0.15, 0.2) is 17.5 Å². The second-order valence-electron chi connectivity index (χ2n) is 3.95. The van der Waals surface area contributed by atoms with Gasteiger partial charge in [-0.2, -0.15) is 0 Å². The van der Waals surface area contributed by atoms with Gasteiger partial charge in [-0.1, -0.05) is 6.07 Å². The third kappa shape index (κ3) is 2.58. The van der Waals surface area contributed by atoms with Gasteiger partial charge < -0.3 is 5.73 Å².